The Morgan fingerprint density at radius 3 is 2.36 bits per heavy atom. The molecule has 1 N–H and O–H groups in total. The maximum Gasteiger partial charge on any atom is 0.222 e. The summed E-state index contributed by atoms with van der Waals surface area (Å²) in [6.45, 7) is 7.52. The zero-order valence-electron chi connectivity index (χ0n) is 24.8. The molecule has 6 nitrogen and oxygen atoms in total. The van der Waals surface area contributed by atoms with E-state index in [9.17, 15) is 22.9 Å². The Hall–Kier alpha value is -0.660. The molecule has 0 heterocycles. The normalized spacial score (nSPS) is 41.8. The van der Waals surface area contributed by atoms with E-state index in [-0.39, 0.29) is 24.6 Å². The highest BCUT2D eigenvalue weighted by Gasteiger charge is 2.60. The minimum absolute atomic E-state index is 0.0477. The molecule has 5 aliphatic carbocycles. The van der Waals surface area contributed by atoms with Crippen LogP contribution in [-0.2, 0) is 14.9 Å². The van der Waals surface area contributed by atoms with Crippen molar-refractivity contribution in [3.63, 3.8) is 0 Å². The van der Waals surface area contributed by atoms with Gasteiger partial charge in [-0.1, -0.05) is 40.0 Å². The number of nitrogens with zero attached hydrogens (tertiary/aromatic N) is 1. The van der Waals surface area contributed by atoms with Gasteiger partial charge in [-0.25, -0.2) is 8.42 Å². The van der Waals surface area contributed by atoms with Crippen molar-refractivity contribution < 1.29 is 22.9 Å². The molecule has 5 fully saturated rings. The van der Waals surface area contributed by atoms with E-state index in [2.05, 4.69) is 20.8 Å². The molecule has 224 valence electrons. The summed E-state index contributed by atoms with van der Waals surface area (Å²) in [5.41, 5.74) is 0.750. The number of rotatable bonds is 8. The van der Waals surface area contributed by atoms with Crippen LogP contribution in [0.15, 0.2) is 0 Å². The van der Waals surface area contributed by atoms with Gasteiger partial charge in [0.05, 0.1) is 22.0 Å². The Morgan fingerprint density at radius 1 is 0.949 bits per heavy atom. The molecule has 9 atom stereocenters. The SMILES string of the molecule is C[C@H](CCC(=O)N(CCS(=O)(=O)[O-])C1CCCCC1)[C@H]1CC[C@H]2[C@@H]3CC[C@@H]4C[C@H](O)CC[C@]4(C)[C@H]3CC[C@]12C. The molecule has 5 saturated carbocycles. The van der Waals surface area contributed by atoms with Crippen LogP contribution in [0.5, 0.6) is 0 Å². The zero-order chi connectivity index (χ0) is 28.0. The van der Waals surface area contributed by atoms with E-state index in [1.54, 1.807) is 4.90 Å². The topological polar surface area (TPSA) is 97.7 Å². The Kier molecular flexibility index (Phi) is 8.83. The smallest absolute Gasteiger partial charge is 0.222 e. The van der Waals surface area contributed by atoms with Crippen LogP contribution in [0.4, 0.5) is 0 Å². The molecule has 5 aliphatic rings. The summed E-state index contributed by atoms with van der Waals surface area (Å²) in [6, 6.07) is 0.0874. The van der Waals surface area contributed by atoms with E-state index in [1.807, 2.05) is 0 Å². The lowest BCUT2D eigenvalue weighted by Gasteiger charge is -2.61. The Morgan fingerprint density at radius 2 is 1.64 bits per heavy atom. The summed E-state index contributed by atoms with van der Waals surface area (Å²) >= 11 is 0. The van der Waals surface area contributed by atoms with E-state index in [4.69, 9.17) is 0 Å². The number of aliphatic hydroxyl groups excluding tert-OH is 1. The largest absolute Gasteiger partial charge is 0.748 e. The fraction of sp³-hybridized carbons (Fsp3) is 0.969. The van der Waals surface area contributed by atoms with Crippen molar-refractivity contribution in [2.45, 2.75) is 136 Å². The lowest BCUT2D eigenvalue weighted by Crippen LogP contribution is -2.54. The van der Waals surface area contributed by atoms with Gasteiger partial charge >= 0.3 is 0 Å². The van der Waals surface area contributed by atoms with Crippen molar-refractivity contribution in [3.05, 3.63) is 0 Å². The van der Waals surface area contributed by atoms with Gasteiger partial charge in [0.2, 0.25) is 5.91 Å². The van der Waals surface area contributed by atoms with Crippen LogP contribution in [0.3, 0.4) is 0 Å². The van der Waals surface area contributed by atoms with Crippen molar-refractivity contribution in [2.24, 2.45) is 46.3 Å². The van der Waals surface area contributed by atoms with Crippen molar-refractivity contribution in [3.8, 4) is 0 Å². The number of amides is 1. The summed E-state index contributed by atoms with van der Waals surface area (Å²) in [6.07, 6.45) is 17.4. The first-order valence-corrected chi connectivity index (χ1v) is 17.9. The van der Waals surface area contributed by atoms with Crippen molar-refractivity contribution in [1.29, 1.82) is 0 Å². The van der Waals surface area contributed by atoms with Crippen LogP contribution < -0.4 is 0 Å². The van der Waals surface area contributed by atoms with Gasteiger partial charge in [0.15, 0.2) is 0 Å². The third-order valence-electron chi connectivity index (χ3n) is 13.1. The van der Waals surface area contributed by atoms with Gasteiger partial charge in [-0.05, 0) is 123 Å². The molecular weight excluding hydrogens is 510 g/mol. The van der Waals surface area contributed by atoms with Crippen molar-refractivity contribution in [2.75, 3.05) is 12.3 Å². The second kappa shape index (κ2) is 11.6. The van der Waals surface area contributed by atoms with Gasteiger partial charge in [-0.15, -0.1) is 0 Å². The molecule has 39 heavy (non-hydrogen) atoms. The lowest BCUT2D eigenvalue weighted by molar-refractivity contribution is -0.135. The molecule has 0 radical (unpaired) electrons. The van der Waals surface area contributed by atoms with E-state index in [0.29, 0.717) is 35.0 Å². The molecule has 0 spiro atoms. The van der Waals surface area contributed by atoms with Crippen LogP contribution in [0.25, 0.3) is 0 Å². The molecule has 1 amide bonds. The van der Waals surface area contributed by atoms with E-state index < -0.39 is 15.9 Å². The molecule has 5 rings (SSSR count). The Bertz CT molecular complexity index is 979. The number of hydrogen-bond acceptors (Lipinski definition) is 5. The minimum Gasteiger partial charge on any atom is -0.748 e. The van der Waals surface area contributed by atoms with Gasteiger partial charge in [0.1, 0.15) is 0 Å². The summed E-state index contributed by atoms with van der Waals surface area (Å²) in [5, 5.41) is 10.3. The van der Waals surface area contributed by atoms with Crippen LogP contribution in [0, 0.1) is 46.3 Å². The van der Waals surface area contributed by atoms with Gasteiger partial charge in [0.25, 0.3) is 0 Å². The Labute approximate surface area is 237 Å². The summed E-state index contributed by atoms with van der Waals surface area (Å²) < 4.78 is 34.1. The summed E-state index contributed by atoms with van der Waals surface area (Å²) in [7, 11) is -4.34. The van der Waals surface area contributed by atoms with E-state index in [0.717, 1.165) is 62.7 Å². The fourth-order valence-electron chi connectivity index (χ4n) is 11.0. The van der Waals surface area contributed by atoms with Gasteiger partial charge in [0, 0.05) is 19.0 Å². The standard InChI is InChI=1S/C32H55NO5S/c1-22(9-14-30(35)33(19-20-39(36,37)38)24-7-5-4-6-8-24)27-12-13-28-26-11-10-23-21-25(34)15-17-31(23,2)29(26)16-18-32(27,28)3/h22-29,34H,4-21H2,1-3H3,(H,36,37,38)/p-1/t22-,23-,25-,26+,27-,28+,29+,31+,32-/m1/s1. The molecule has 0 aliphatic heterocycles. The number of fused-ring (bicyclic) bond motifs is 5. The quantitative estimate of drug-likeness (QED) is 0.358. The first kappa shape index (κ1) is 29.8. The van der Waals surface area contributed by atoms with Crippen LogP contribution in [0.2, 0.25) is 0 Å². The number of carbonyl (C=O) groups is 1. The van der Waals surface area contributed by atoms with E-state index in [1.165, 1.54) is 51.4 Å². The number of aliphatic hydroxyl groups is 1. The van der Waals surface area contributed by atoms with Crippen LogP contribution >= 0.6 is 0 Å². The highest BCUT2D eigenvalue weighted by molar-refractivity contribution is 7.85. The maximum atomic E-state index is 13.4. The summed E-state index contributed by atoms with van der Waals surface area (Å²) in [5.74, 6) is 3.77. The molecule has 0 aromatic carbocycles. The number of hydrogen-bond donors (Lipinski definition) is 1. The third-order valence-corrected chi connectivity index (χ3v) is 13.8. The first-order valence-electron chi connectivity index (χ1n) is 16.3. The molecule has 0 bridgehead atoms. The van der Waals surface area contributed by atoms with Gasteiger partial charge in [-0.3, -0.25) is 4.79 Å². The molecular formula is C32H54NO5S-. The van der Waals surface area contributed by atoms with Crippen LogP contribution in [0.1, 0.15) is 124 Å². The predicted molar refractivity (Wildman–Crippen MR) is 153 cm³/mol. The first-order chi connectivity index (χ1) is 18.4. The summed E-state index contributed by atoms with van der Waals surface area (Å²) in [4.78, 5) is 15.2. The molecule has 0 saturated heterocycles. The highest BCUT2D eigenvalue weighted by atomic mass is 32.2. The zero-order valence-corrected chi connectivity index (χ0v) is 25.6. The molecule has 0 aromatic rings. The Balaban J connectivity index is 1.21. The maximum absolute atomic E-state index is 13.4. The molecule has 0 unspecified atom stereocenters. The van der Waals surface area contributed by atoms with Crippen LogP contribution in [-0.4, -0.2) is 53.3 Å². The van der Waals surface area contributed by atoms with Gasteiger partial charge in [-0.2, -0.15) is 0 Å². The average molecular weight is 565 g/mol. The van der Waals surface area contributed by atoms with Crippen molar-refractivity contribution >= 4 is 16.0 Å². The lowest BCUT2D eigenvalue weighted by atomic mass is 9.44. The minimum atomic E-state index is -4.34. The molecule has 0 aromatic heterocycles. The molecule has 7 heteroatoms. The van der Waals surface area contributed by atoms with E-state index >= 15 is 0 Å². The average Bonchev–Trinajstić information content (AvgIpc) is 3.25. The van der Waals surface area contributed by atoms with Gasteiger partial charge < -0.3 is 14.6 Å². The second-order valence-corrected chi connectivity index (χ2v) is 16.5. The third kappa shape index (κ3) is 5.98. The van der Waals surface area contributed by atoms with Crippen molar-refractivity contribution in [1.82, 2.24) is 4.90 Å². The monoisotopic (exact) mass is 564 g/mol. The second-order valence-electron chi connectivity index (χ2n) is 15.0. The number of carbonyl (C=O) groups excluding carboxylic acids is 1. The predicted octanol–water partition coefficient (Wildman–Crippen LogP) is 6.13. The fourth-order valence-corrected chi connectivity index (χ4v) is 11.4. The highest BCUT2D eigenvalue weighted by Crippen LogP contribution is 2.68.